The first-order valence-corrected chi connectivity index (χ1v) is 9.74. The zero-order valence-electron chi connectivity index (χ0n) is 16.3. The summed E-state index contributed by atoms with van der Waals surface area (Å²) in [6, 6.07) is 8.38. The van der Waals surface area contributed by atoms with Crippen LogP contribution in [0, 0.1) is 5.92 Å². The number of rotatable bonds is 5. The van der Waals surface area contributed by atoms with E-state index in [1.807, 2.05) is 6.07 Å². The number of nitrogens with one attached hydrogen (secondary N) is 2. The molecule has 2 atom stereocenters. The summed E-state index contributed by atoms with van der Waals surface area (Å²) >= 11 is 0. The number of aromatic nitrogens is 1. The van der Waals surface area contributed by atoms with Gasteiger partial charge in [-0.15, -0.1) is 0 Å². The number of piperidine rings is 1. The highest BCUT2D eigenvalue weighted by atomic mass is 16.3. The fourth-order valence-electron chi connectivity index (χ4n) is 3.48. The number of benzene rings is 1. The Kier molecular flexibility index (Phi) is 6.14. The lowest BCUT2D eigenvalue weighted by Crippen LogP contribution is -2.55. The van der Waals surface area contributed by atoms with Crippen LogP contribution in [0.15, 0.2) is 35.1 Å². The average molecular weight is 385 g/mol. The smallest absolute Gasteiger partial charge is 0.270 e. The molecule has 2 heterocycles. The molecule has 0 unspecified atom stereocenters. The number of carbonyl (C=O) groups is 2. The van der Waals surface area contributed by atoms with Crippen LogP contribution < -0.4 is 10.9 Å². The minimum absolute atomic E-state index is 0.0728. The van der Waals surface area contributed by atoms with E-state index in [2.05, 4.69) is 24.1 Å². The Hall–Kier alpha value is -2.67. The van der Waals surface area contributed by atoms with Crippen molar-refractivity contribution in [2.75, 3.05) is 13.1 Å². The van der Waals surface area contributed by atoms with E-state index in [0.717, 1.165) is 6.42 Å². The number of aliphatic hydroxyl groups is 1. The van der Waals surface area contributed by atoms with Crippen LogP contribution in [0.5, 0.6) is 0 Å². The zero-order chi connectivity index (χ0) is 20.3. The third-order valence-corrected chi connectivity index (χ3v) is 5.15. The quantitative estimate of drug-likeness (QED) is 0.728. The van der Waals surface area contributed by atoms with E-state index < -0.39 is 6.10 Å². The predicted octanol–water partition coefficient (Wildman–Crippen LogP) is 1.66. The second-order valence-corrected chi connectivity index (χ2v) is 7.81. The normalized spacial score (nSPS) is 19.8. The lowest BCUT2D eigenvalue weighted by molar-refractivity contribution is -0.123. The van der Waals surface area contributed by atoms with Crippen molar-refractivity contribution >= 4 is 22.6 Å². The van der Waals surface area contributed by atoms with Crippen LogP contribution in [0.3, 0.4) is 0 Å². The molecule has 28 heavy (non-hydrogen) atoms. The molecule has 1 aliphatic heterocycles. The molecule has 3 rings (SSSR count). The Morgan fingerprint density at radius 3 is 2.79 bits per heavy atom. The van der Waals surface area contributed by atoms with E-state index in [1.54, 1.807) is 24.3 Å². The summed E-state index contributed by atoms with van der Waals surface area (Å²) in [4.78, 5) is 41.2. The van der Waals surface area contributed by atoms with E-state index in [4.69, 9.17) is 0 Å². The summed E-state index contributed by atoms with van der Waals surface area (Å²) in [5.41, 5.74) is -0.107. The van der Waals surface area contributed by atoms with Gasteiger partial charge in [-0.3, -0.25) is 14.4 Å². The summed E-state index contributed by atoms with van der Waals surface area (Å²) in [5.74, 6) is 0.0436. The molecule has 0 spiro atoms. The fraction of sp³-hybridized carbons (Fsp3) is 0.476. The fourth-order valence-corrected chi connectivity index (χ4v) is 3.48. The highest BCUT2D eigenvalue weighted by Gasteiger charge is 2.31. The standard InChI is InChI=1S/C21H27N3O4/c1-13(2)7-8-19(26)22-16-9-10-24(12-18(16)25)21(28)17-11-14-5-3-4-6-15(14)20(27)23-17/h3-6,11,13,16,18,25H,7-10,12H2,1-2H3,(H,22,26)(H,23,27)/t16-,18-/m1/s1. The number of hydrogen-bond acceptors (Lipinski definition) is 4. The second kappa shape index (κ2) is 8.56. The number of likely N-dealkylation sites (tertiary alicyclic amines) is 1. The minimum atomic E-state index is -0.840. The molecule has 1 saturated heterocycles. The van der Waals surface area contributed by atoms with Gasteiger partial charge in [0, 0.05) is 24.9 Å². The summed E-state index contributed by atoms with van der Waals surface area (Å²) in [5, 5.41) is 14.5. The first-order valence-electron chi connectivity index (χ1n) is 9.74. The summed E-state index contributed by atoms with van der Waals surface area (Å²) < 4.78 is 0. The summed E-state index contributed by atoms with van der Waals surface area (Å²) in [6.45, 7) is 4.63. The minimum Gasteiger partial charge on any atom is -0.389 e. The van der Waals surface area contributed by atoms with Gasteiger partial charge < -0.3 is 20.3 Å². The van der Waals surface area contributed by atoms with Gasteiger partial charge in [0.25, 0.3) is 11.5 Å². The average Bonchev–Trinajstić information content (AvgIpc) is 2.67. The number of nitrogens with zero attached hydrogens (tertiary/aromatic N) is 1. The summed E-state index contributed by atoms with van der Waals surface area (Å²) in [6.07, 6.45) is 0.863. The van der Waals surface area contributed by atoms with Gasteiger partial charge in [-0.05, 0) is 36.3 Å². The Labute approximate surface area is 163 Å². The molecule has 2 amide bonds. The molecule has 0 radical (unpaired) electrons. The maximum Gasteiger partial charge on any atom is 0.270 e. The first kappa shape index (κ1) is 20.1. The monoisotopic (exact) mass is 385 g/mol. The van der Waals surface area contributed by atoms with Gasteiger partial charge in [-0.2, -0.15) is 0 Å². The molecule has 1 aromatic heterocycles. The Morgan fingerprint density at radius 1 is 1.32 bits per heavy atom. The molecule has 150 valence electrons. The van der Waals surface area contributed by atoms with Crippen molar-refractivity contribution in [3.8, 4) is 0 Å². The van der Waals surface area contributed by atoms with Crippen molar-refractivity contribution in [2.45, 2.75) is 45.3 Å². The van der Waals surface area contributed by atoms with E-state index in [0.29, 0.717) is 36.1 Å². The number of fused-ring (bicyclic) bond motifs is 1. The van der Waals surface area contributed by atoms with Gasteiger partial charge in [-0.1, -0.05) is 32.0 Å². The van der Waals surface area contributed by atoms with Crippen LogP contribution in [0.1, 0.15) is 43.6 Å². The van der Waals surface area contributed by atoms with Gasteiger partial charge >= 0.3 is 0 Å². The molecule has 1 fully saturated rings. The third kappa shape index (κ3) is 4.59. The predicted molar refractivity (Wildman–Crippen MR) is 107 cm³/mol. The highest BCUT2D eigenvalue weighted by molar-refractivity contribution is 5.96. The largest absolute Gasteiger partial charge is 0.389 e. The van der Waals surface area contributed by atoms with Crippen molar-refractivity contribution in [2.24, 2.45) is 5.92 Å². The van der Waals surface area contributed by atoms with Gasteiger partial charge in [0.15, 0.2) is 0 Å². The molecule has 3 N–H and O–H groups in total. The number of hydrogen-bond donors (Lipinski definition) is 3. The number of β-amino-alcohol motifs (C(OH)–C–C–N with tert-alkyl or cyclic N) is 1. The van der Waals surface area contributed by atoms with Gasteiger partial charge in [0.1, 0.15) is 5.69 Å². The van der Waals surface area contributed by atoms with Crippen LogP contribution in [0.2, 0.25) is 0 Å². The van der Waals surface area contributed by atoms with Crippen molar-refractivity contribution in [3.63, 3.8) is 0 Å². The summed E-state index contributed by atoms with van der Waals surface area (Å²) in [7, 11) is 0. The molecule has 1 aliphatic rings. The molecule has 0 aliphatic carbocycles. The number of H-pyrrole nitrogens is 1. The number of aromatic amines is 1. The van der Waals surface area contributed by atoms with E-state index in [1.165, 1.54) is 4.90 Å². The Morgan fingerprint density at radius 2 is 2.07 bits per heavy atom. The van der Waals surface area contributed by atoms with Gasteiger partial charge in [0.05, 0.1) is 12.1 Å². The SMILES string of the molecule is CC(C)CCC(=O)N[C@@H]1CCN(C(=O)c2cc3ccccc3c(=O)[nH]2)C[C@H]1O. The third-order valence-electron chi connectivity index (χ3n) is 5.15. The van der Waals surface area contributed by atoms with Crippen LogP contribution in [0.4, 0.5) is 0 Å². The Bertz CT molecular complexity index is 921. The van der Waals surface area contributed by atoms with Crippen LogP contribution in [-0.4, -0.2) is 52.0 Å². The second-order valence-electron chi connectivity index (χ2n) is 7.81. The maximum absolute atomic E-state index is 12.8. The van der Waals surface area contributed by atoms with E-state index >= 15 is 0 Å². The number of pyridine rings is 1. The number of carbonyl (C=O) groups excluding carboxylic acids is 2. The van der Waals surface area contributed by atoms with Crippen molar-refractivity contribution in [1.82, 2.24) is 15.2 Å². The van der Waals surface area contributed by atoms with Crippen LogP contribution in [-0.2, 0) is 4.79 Å². The van der Waals surface area contributed by atoms with Crippen LogP contribution >= 0.6 is 0 Å². The molecular weight excluding hydrogens is 358 g/mol. The lowest BCUT2D eigenvalue weighted by Gasteiger charge is -2.36. The molecule has 2 aromatic rings. The topological polar surface area (TPSA) is 103 Å². The highest BCUT2D eigenvalue weighted by Crippen LogP contribution is 2.16. The zero-order valence-corrected chi connectivity index (χ0v) is 16.3. The molecule has 1 aromatic carbocycles. The van der Waals surface area contributed by atoms with Crippen molar-refractivity contribution in [1.29, 1.82) is 0 Å². The van der Waals surface area contributed by atoms with Crippen molar-refractivity contribution in [3.05, 3.63) is 46.4 Å². The van der Waals surface area contributed by atoms with Gasteiger partial charge in [-0.25, -0.2) is 0 Å². The number of aliphatic hydroxyl groups excluding tert-OH is 1. The maximum atomic E-state index is 12.8. The Balaban J connectivity index is 1.64. The number of amides is 2. The van der Waals surface area contributed by atoms with E-state index in [-0.39, 0.29) is 35.7 Å². The van der Waals surface area contributed by atoms with Crippen LogP contribution in [0.25, 0.3) is 10.8 Å². The van der Waals surface area contributed by atoms with Gasteiger partial charge in [0.2, 0.25) is 5.91 Å². The van der Waals surface area contributed by atoms with Crippen molar-refractivity contribution < 1.29 is 14.7 Å². The van der Waals surface area contributed by atoms with E-state index in [9.17, 15) is 19.5 Å². The molecule has 0 saturated carbocycles. The first-order chi connectivity index (χ1) is 13.3. The molecular formula is C21H27N3O4. The molecule has 7 heteroatoms. The lowest BCUT2D eigenvalue weighted by atomic mass is 10.0. The molecule has 7 nitrogen and oxygen atoms in total. The molecule has 0 bridgehead atoms.